The van der Waals surface area contributed by atoms with Gasteiger partial charge in [0.1, 0.15) is 16.3 Å². The molecule has 5 rings (SSSR count). The number of amides is 2. The van der Waals surface area contributed by atoms with Gasteiger partial charge in [-0.2, -0.15) is 0 Å². The summed E-state index contributed by atoms with van der Waals surface area (Å²) in [6.07, 6.45) is 0. The van der Waals surface area contributed by atoms with Crippen LogP contribution < -0.4 is 10.9 Å². The van der Waals surface area contributed by atoms with Crippen LogP contribution in [0.2, 0.25) is 0 Å². The lowest BCUT2D eigenvalue weighted by atomic mass is 10.1. The van der Waals surface area contributed by atoms with Crippen molar-refractivity contribution in [2.24, 2.45) is 0 Å². The first kappa shape index (κ1) is 21.1. The second-order valence-corrected chi connectivity index (χ2v) is 9.48. The van der Waals surface area contributed by atoms with Gasteiger partial charge in [0.05, 0.1) is 5.52 Å². The van der Waals surface area contributed by atoms with Gasteiger partial charge in [-0.25, -0.2) is 4.98 Å². The number of nitrogens with one attached hydrogen (secondary N) is 2. The molecule has 2 aromatic carbocycles. The summed E-state index contributed by atoms with van der Waals surface area (Å²) >= 11 is 2.96. The van der Waals surface area contributed by atoms with E-state index in [4.69, 9.17) is 4.42 Å². The zero-order chi connectivity index (χ0) is 22.8. The van der Waals surface area contributed by atoms with E-state index in [0.29, 0.717) is 16.9 Å². The maximum atomic E-state index is 12.9. The number of nitrogens with zero attached hydrogens (tertiary/aromatic N) is 3. The molecule has 0 aliphatic heterocycles. The highest BCUT2D eigenvalue weighted by atomic mass is 32.2. The number of carbonyl (C=O) groups is 2. The lowest BCUT2D eigenvalue weighted by Crippen LogP contribution is -2.42. The van der Waals surface area contributed by atoms with Gasteiger partial charge in [-0.05, 0) is 25.1 Å². The van der Waals surface area contributed by atoms with Gasteiger partial charge < -0.3 is 4.42 Å². The van der Waals surface area contributed by atoms with Crippen LogP contribution in [0.4, 0.5) is 0 Å². The van der Waals surface area contributed by atoms with Crippen molar-refractivity contribution in [1.82, 2.24) is 26.0 Å². The van der Waals surface area contributed by atoms with E-state index in [2.05, 4.69) is 26.0 Å². The molecule has 33 heavy (non-hydrogen) atoms. The first-order valence-corrected chi connectivity index (χ1v) is 11.8. The SMILES string of the molecule is Cc1nnc(SCc2c(C(=O)NNC(=O)c3ccc4ccccc4n3)oc3ccccc23)s1. The Morgan fingerprint density at radius 3 is 2.61 bits per heavy atom. The van der Waals surface area contributed by atoms with Crippen LogP contribution in [0.15, 0.2) is 69.4 Å². The number of hydrogen-bond acceptors (Lipinski definition) is 8. The third-order valence-corrected chi connectivity index (χ3v) is 6.87. The van der Waals surface area contributed by atoms with Gasteiger partial charge in [0, 0.05) is 22.1 Å². The fourth-order valence-corrected chi connectivity index (χ4v) is 5.17. The number of benzene rings is 2. The Hall–Kier alpha value is -3.76. The maximum absolute atomic E-state index is 12.9. The van der Waals surface area contributed by atoms with Crippen LogP contribution in [-0.2, 0) is 5.75 Å². The van der Waals surface area contributed by atoms with Crippen molar-refractivity contribution in [3.05, 3.63) is 82.7 Å². The van der Waals surface area contributed by atoms with Gasteiger partial charge >= 0.3 is 5.91 Å². The largest absolute Gasteiger partial charge is 0.451 e. The van der Waals surface area contributed by atoms with E-state index in [1.54, 1.807) is 12.1 Å². The summed E-state index contributed by atoms with van der Waals surface area (Å²) in [6, 6.07) is 18.3. The van der Waals surface area contributed by atoms with Crippen molar-refractivity contribution in [2.75, 3.05) is 0 Å². The Bertz CT molecular complexity index is 1490. The van der Waals surface area contributed by atoms with Crippen molar-refractivity contribution in [2.45, 2.75) is 17.0 Å². The second-order valence-electron chi connectivity index (χ2n) is 7.08. The Morgan fingerprint density at radius 2 is 1.76 bits per heavy atom. The minimum absolute atomic E-state index is 0.136. The summed E-state index contributed by atoms with van der Waals surface area (Å²) in [5, 5.41) is 10.8. The van der Waals surface area contributed by atoms with Crippen LogP contribution in [-0.4, -0.2) is 27.0 Å². The van der Waals surface area contributed by atoms with Gasteiger partial charge in [-0.3, -0.25) is 20.4 Å². The number of carbonyl (C=O) groups excluding carboxylic acids is 2. The first-order chi connectivity index (χ1) is 16.1. The lowest BCUT2D eigenvalue weighted by molar-refractivity contribution is 0.0829. The highest BCUT2D eigenvalue weighted by molar-refractivity contribution is 8.00. The zero-order valence-electron chi connectivity index (χ0n) is 17.4. The third kappa shape index (κ3) is 4.43. The molecule has 8 nitrogen and oxygen atoms in total. The predicted octanol–water partition coefficient (Wildman–Crippen LogP) is 4.51. The van der Waals surface area contributed by atoms with Crippen LogP contribution in [0.25, 0.3) is 21.9 Å². The van der Waals surface area contributed by atoms with Gasteiger partial charge in [0.25, 0.3) is 5.91 Å². The normalized spacial score (nSPS) is 11.1. The molecule has 10 heteroatoms. The van der Waals surface area contributed by atoms with Gasteiger partial charge in [0.2, 0.25) is 0 Å². The van der Waals surface area contributed by atoms with E-state index in [-0.39, 0.29) is 11.5 Å². The zero-order valence-corrected chi connectivity index (χ0v) is 19.0. The highest BCUT2D eigenvalue weighted by Gasteiger charge is 2.22. The van der Waals surface area contributed by atoms with Crippen molar-refractivity contribution in [3.63, 3.8) is 0 Å². The topological polar surface area (TPSA) is 110 Å². The number of aryl methyl sites for hydroxylation is 1. The minimum atomic E-state index is -0.551. The molecule has 5 aromatic rings. The number of hydrogen-bond donors (Lipinski definition) is 2. The predicted molar refractivity (Wildman–Crippen MR) is 127 cm³/mol. The van der Waals surface area contributed by atoms with E-state index in [1.807, 2.05) is 55.5 Å². The molecule has 0 saturated heterocycles. The number of furan rings is 1. The van der Waals surface area contributed by atoms with Crippen molar-refractivity contribution < 1.29 is 14.0 Å². The van der Waals surface area contributed by atoms with E-state index in [0.717, 1.165) is 25.7 Å². The van der Waals surface area contributed by atoms with E-state index >= 15 is 0 Å². The number of hydrazine groups is 1. The summed E-state index contributed by atoms with van der Waals surface area (Å²) in [5.41, 5.74) is 7.07. The van der Waals surface area contributed by atoms with Crippen molar-refractivity contribution in [1.29, 1.82) is 0 Å². The molecule has 3 aromatic heterocycles. The molecule has 0 radical (unpaired) electrons. The molecule has 2 amide bonds. The van der Waals surface area contributed by atoms with Crippen molar-refractivity contribution >= 4 is 56.8 Å². The minimum Gasteiger partial charge on any atom is -0.451 e. The second kappa shape index (κ2) is 9.00. The van der Waals surface area contributed by atoms with Crippen LogP contribution in [0.5, 0.6) is 0 Å². The summed E-state index contributed by atoms with van der Waals surface area (Å²) in [7, 11) is 0. The molecule has 0 saturated carbocycles. The van der Waals surface area contributed by atoms with E-state index < -0.39 is 11.8 Å². The maximum Gasteiger partial charge on any atom is 0.305 e. The molecule has 0 fully saturated rings. The fourth-order valence-electron chi connectivity index (χ4n) is 3.32. The molecule has 0 aliphatic rings. The number of para-hydroxylation sites is 2. The molecular weight excluding hydrogens is 458 g/mol. The number of thioether (sulfide) groups is 1. The van der Waals surface area contributed by atoms with Gasteiger partial charge in [-0.1, -0.05) is 65.6 Å². The summed E-state index contributed by atoms with van der Waals surface area (Å²) < 4.78 is 6.63. The monoisotopic (exact) mass is 475 g/mol. The van der Waals surface area contributed by atoms with Gasteiger partial charge in [0.15, 0.2) is 10.1 Å². The van der Waals surface area contributed by atoms with Crippen LogP contribution >= 0.6 is 23.1 Å². The lowest BCUT2D eigenvalue weighted by Gasteiger charge is -2.07. The number of pyridine rings is 1. The number of fused-ring (bicyclic) bond motifs is 2. The highest BCUT2D eigenvalue weighted by Crippen LogP contribution is 2.33. The molecule has 0 bridgehead atoms. The van der Waals surface area contributed by atoms with E-state index in [1.165, 1.54) is 23.1 Å². The molecule has 164 valence electrons. The standard InChI is InChI=1S/C23H17N5O3S2/c1-13-25-28-23(33-13)32-12-16-15-7-3-5-9-19(15)31-20(16)22(30)27-26-21(29)18-11-10-14-6-2-4-8-17(14)24-18/h2-11H,12H2,1H3,(H,26,29)(H,27,30). The molecule has 2 N–H and O–H groups in total. The molecule has 0 unspecified atom stereocenters. The van der Waals surface area contributed by atoms with Crippen LogP contribution in [0, 0.1) is 6.92 Å². The van der Waals surface area contributed by atoms with E-state index in [9.17, 15) is 9.59 Å². The quantitative estimate of drug-likeness (QED) is 0.284. The molecular formula is C23H17N5O3S2. The average molecular weight is 476 g/mol. The summed E-state index contributed by atoms with van der Waals surface area (Å²) in [4.78, 5) is 29.8. The summed E-state index contributed by atoms with van der Waals surface area (Å²) in [5.74, 6) is -0.472. The van der Waals surface area contributed by atoms with Crippen LogP contribution in [0.3, 0.4) is 0 Å². The molecule has 0 aliphatic carbocycles. The molecule has 3 heterocycles. The average Bonchev–Trinajstić information content (AvgIpc) is 3.43. The summed E-state index contributed by atoms with van der Waals surface area (Å²) in [6.45, 7) is 1.89. The Kier molecular flexibility index (Phi) is 5.76. The Morgan fingerprint density at radius 1 is 0.970 bits per heavy atom. The fraction of sp³-hybridized carbons (Fsp3) is 0.0870. The Labute approximate surface area is 196 Å². The number of aromatic nitrogens is 3. The third-order valence-electron chi connectivity index (χ3n) is 4.87. The molecule has 0 spiro atoms. The van der Waals surface area contributed by atoms with Crippen LogP contribution in [0.1, 0.15) is 31.6 Å². The van der Waals surface area contributed by atoms with Crippen molar-refractivity contribution in [3.8, 4) is 0 Å². The molecule has 0 atom stereocenters. The van der Waals surface area contributed by atoms with Gasteiger partial charge in [-0.15, -0.1) is 10.2 Å². The smallest absolute Gasteiger partial charge is 0.305 e. The number of rotatable bonds is 5. The Balaban J connectivity index is 1.34. The first-order valence-electron chi connectivity index (χ1n) is 9.98.